The van der Waals surface area contributed by atoms with Crippen LogP contribution in [0.3, 0.4) is 0 Å². The van der Waals surface area contributed by atoms with E-state index in [0.29, 0.717) is 11.1 Å². The number of allylic oxidation sites excluding steroid dienone is 12. The van der Waals surface area contributed by atoms with Crippen LogP contribution in [0.25, 0.3) is 0 Å². The molecule has 0 aromatic carbocycles. The Morgan fingerprint density at radius 2 is 0.404 bits per heavy atom. The lowest BCUT2D eigenvalue weighted by atomic mass is 10.4. The molecule has 6 heterocycles. The maximum atomic E-state index is 13.1. The van der Waals surface area contributed by atoms with E-state index in [0.717, 1.165) is 21.5 Å². The number of aromatic amines is 6. The van der Waals surface area contributed by atoms with Crippen molar-refractivity contribution >= 4 is 142 Å². The third-order valence-corrected chi connectivity index (χ3v) is 40.7. The summed E-state index contributed by atoms with van der Waals surface area (Å²) in [5, 5.41) is 0. The van der Waals surface area contributed by atoms with Crippen molar-refractivity contribution in [3.05, 3.63) is 270 Å². The molecule has 0 bridgehead atoms. The van der Waals surface area contributed by atoms with Crippen LogP contribution >= 0.6 is 142 Å². The number of H-pyrrole nitrogens is 6. The van der Waals surface area contributed by atoms with Crippen molar-refractivity contribution in [2.45, 2.75) is 53.1 Å². The van der Waals surface area contributed by atoms with Gasteiger partial charge in [-0.05, 0) is 68.6 Å². The van der Waals surface area contributed by atoms with Crippen molar-refractivity contribution in [3.8, 4) is 0 Å². The molecule has 6 aromatic rings. The van der Waals surface area contributed by atoms with Crippen molar-refractivity contribution in [1.82, 2.24) is 57.3 Å². The van der Waals surface area contributed by atoms with Crippen LogP contribution in [-0.2, 0) is 173 Å². The first-order chi connectivity index (χ1) is 62.9. The van der Waals surface area contributed by atoms with E-state index in [1.54, 1.807) is 23.8 Å². The topological polar surface area (TPSA) is 747 Å². The third kappa shape index (κ3) is 54.9. The highest BCUT2D eigenvalue weighted by molar-refractivity contribution is 7.69. The molecule has 0 aliphatic rings. The zero-order valence-corrected chi connectivity index (χ0v) is 89.8. The lowest BCUT2D eigenvalue weighted by Crippen LogP contribution is -2.31. The van der Waals surface area contributed by atoms with Crippen LogP contribution in [0, 0.1) is 25.5 Å². The highest BCUT2D eigenvalue weighted by atomic mass is 31.3. The van der Waals surface area contributed by atoms with E-state index < -0.39 is 221 Å². The van der Waals surface area contributed by atoms with Gasteiger partial charge in [0.15, 0.2) is 80.0 Å². The van der Waals surface area contributed by atoms with Gasteiger partial charge in [0.05, 0.1) is 49.4 Å². The van der Waals surface area contributed by atoms with Gasteiger partial charge in [-0.25, -0.2) is 28.8 Å². The van der Waals surface area contributed by atoms with Gasteiger partial charge in [-0.1, -0.05) is 125 Å². The molecule has 0 aliphatic heterocycles. The van der Waals surface area contributed by atoms with E-state index in [2.05, 4.69) is 19.9 Å². The average molecular weight is 2270 g/mol. The fourth-order valence-corrected chi connectivity index (χ4v) is 33.7. The van der Waals surface area contributed by atoms with E-state index in [-0.39, 0.29) is 76.2 Å². The van der Waals surface area contributed by atoms with Crippen molar-refractivity contribution in [1.29, 1.82) is 0 Å². The van der Waals surface area contributed by atoms with E-state index in [9.17, 15) is 148 Å². The molecule has 0 amide bonds. The molecule has 0 saturated carbocycles. The Morgan fingerprint density at radius 3 is 0.574 bits per heavy atom. The van der Waals surface area contributed by atoms with Crippen molar-refractivity contribution < 1.29 is 143 Å². The van der Waals surface area contributed by atoms with Crippen molar-refractivity contribution in [2.24, 2.45) is 0 Å². The van der Waals surface area contributed by atoms with Crippen molar-refractivity contribution in [2.75, 3.05) is 117 Å². The Morgan fingerprint density at radius 1 is 0.250 bits per heavy atom. The molecule has 54 nitrogen and oxygen atoms in total. The number of nitrogens with zero attached hydrogens (tertiary/aromatic N) is 6. The molecule has 0 saturated heterocycles. The minimum Gasteiger partial charge on any atom is -0.297 e. The lowest BCUT2D eigenvalue weighted by molar-refractivity contribution is 0.394. The zero-order chi connectivity index (χ0) is 104. The summed E-state index contributed by atoms with van der Waals surface area (Å²) >= 11 is 0. The Kier molecular flexibility index (Phi) is 58.2. The molecule has 6 rings (SSSR count). The second-order valence-electron chi connectivity index (χ2n) is 25.6. The first-order valence-corrected chi connectivity index (χ1v) is 66.7. The van der Waals surface area contributed by atoms with Crippen LogP contribution < -0.4 is 67.5 Å². The van der Waals surface area contributed by atoms with Gasteiger partial charge in [0.1, 0.15) is 0 Å². The van der Waals surface area contributed by atoms with Gasteiger partial charge in [0.25, 0.3) is 33.4 Å². The number of halogens is 2. The molecular weight excluding hydrogens is 2180 g/mol. The van der Waals surface area contributed by atoms with Crippen LogP contribution in [-0.4, -0.2) is 174 Å². The third-order valence-electron chi connectivity index (χ3n) is 13.8. The standard InChI is InChI=1S/2C11H16N2O7P3.2C10H13FN2O7P3.2C10H14N2O7P3/c2*1-9-8-13(11(15)12-10(9)14)6-4-5-7-23(18,19-21(2)16)20-22(3)17;2*1-21(16)19-23(18,20-22(2)17)6-4-3-5-13-7-8(11)9(14)12-10(13)15;2*1-20(15)18-22(17,19-21(2)16)8-4-3-6-12-7-5-9(13)11-10(12)14/h2*4-5,8H,6-7H2,1-3H3;2*3-4,7H,5-6H2,1-2H3;2*3-5,7H,6,8H2,1-2H3/q6*+1/p+6/b5-4+;5-4-;4-3+;4-3-;4-3+;4-3-. The molecular formula is C62H92F2N12O42P18+12. The molecule has 0 fully saturated rings. The second kappa shape index (κ2) is 62.6. The quantitative estimate of drug-likeness (QED) is 0.0153. The first-order valence-electron chi connectivity index (χ1n) is 36.8. The summed E-state index contributed by atoms with van der Waals surface area (Å²) in [4.78, 5) is 147. The summed E-state index contributed by atoms with van der Waals surface area (Å²) in [6.45, 7) is 17.7. The van der Waals surface area contributed by atoms with Gasteiger partial charge in [-0.3, -0.25) is 113 Å². The van der Waals surface area contributed by atoms with Gasteiger partial charge in [-0.2, -0.15) is 8.78 Å². The molecule has 6 N–H and O–H groups in total. The van der Waals surface area contributed by atoms with Gasteiger partial charge in [-0.15, -0.1) is 0 Å². The van der Waals surface area contributed by atoms with Crippen molar-refractivity contribution in [3.63, 3.8) is 0 Å². The predicted molar refractivity (Wildman–Crippen MR) is 502 cm³/mol. The number of hydrogen-bond donors (Lipinski definition) is 6. The maximum absolute atomic E-state index is 13.1. The average Bonchev–Trinajstić information content (AvgIpc) is 0.841. The molecule has 0 spiro atoms. The molecule has 0 radical (unpaired) electrons. The molecule has 74 heteroatoms. The van der Waals surface area contributed by atoms with Gasteiger partial charge in [0.2, 0.25) is 11.6 Å². The molecule has 0 aliphatic carbocycles. The van der Waals surface area contributed by atoms with E-state index in [1.807, 2.05) is 0 Å². The summed E-state index contributed by atoms with van der Waals surface area (Å²) in [5.74, 6) is -2.25. The minimum absolute atomic E-state index is 0.117. The Hall–Kier alpha value is -7.52. The first kappa shape index (κ1) is 126. The maximum Gasteiger partial charge on any atom is 0.513 e. The van der Waals surface area contributed by atoms with E-state index in [4.69, 9.17) is 51.7 Å². The Bertz CT molecular complexity index is 5960. The SMILES string of the molecule is C[P+](=O)OP(=O)(C/C=C/Cn1cc(F)c(=O)[nH]c1=O)O[P+](C)=O.C[P+](=O)OP(=O)(C/C=C/Cn1ccc(=O)[nH]c1=O)O[P+](C)=O.C[P+](=O)OP(=O)(C/C=C\Cn1cc(F)c(=O)[nH]c1=O)O[P+](C)=O.C[P+](=O)OP(=O)(C/C=C\Cn1ccc(=O)[nH]c1=O)O[P+](C)=O.Cc1cn(C/C=C/CP(=O)(O[P+](C)=O)O[P+](C)=O)c(=O)[nH]c1=O.Cc1cn(C/C=C\CP(=O)(O[P+](C)=O)O[P+](C)=O)c(=O)[nH]c1=O. The molecule has 12 unspecified atom stereocenters. The summed E-state index contributed by atoms with van der Waals surface area (Å²) in [6, 6.07) is 2.38. The molecule has 136 heavy (non-hydrogen) atoms. The number of rotatable bonds is 48. The molecule has 6 aromatic heterocycles. The van der Waals surface area contributed by atoms with Gasteiger partial charge < -0.3 is 0 Å². The van der Waals surface area contributed by atoms with E-state index >= 15 is 0 Å². The normalized spacial score (nSPS) is 15.5. The number of hydrogen-bond acceptors (Lipinski definition) is 42. The summed E-state index contributed by atoms with van der Waals surface area (Å²) < 4.78 is 295. The molecule has 744 valence electrons. The fraction of sp³-hybridized carbons (Fsp3) is 0.419. The highest BCUT2D eigenvalue weighted by Crippen LogP contribution is 2.64. The summed E-state index contributed by atoms with van der Waals surface area (Å²) in [5.41, 5.74) is -7.37. The van der Waals surface area contributed by atoms with Gasteiger partial charge >= 0.3 is 176 Å². The number of nitrogens with one attached hydrogen (secondary N) is 6. The predicted octanol–water partition coefficient (Wildman–Crippen LogP) is 13.3. The van der Waals surface area contributed by atoms with E-state index in [1.165, 1.54) is 208 Å². The highest BCUT2D eigenvalue weighted by Gasteiger charge is 2.45. The van der Waals surface area contributed by atoms with Crippen LogP contribution in [0.4, 0.5) is 8.78 Å². The van der Waals surface area contributed by atoms with Crippen LogP contribution in [0.5, 0.6) is 0 Å². The Labute approximate surface area is 777 Å². The molecule has 12 atom stereocenters. The minimum atomic E-state index is -3.86. The zero-order valence-electron chi connectivity index (χ0n) is 73.7. The smallest absolute Gasteiger partial charge is 0.297 e. The van der Waals surface area contributed by atoms with Crippen LogP contribution in [0.1, 0.15) is 11.1 Å². The summed E-state index contributed by atoms with van der Waals surface area (Å²) in [7, 11) is -49.3. The fourth-order valence-electron chi connectivity index (χ4n) is 8.86. The second-order valence-corrected chi connectivity index (χ2v) is 53.5. The summed E-state index contributed by atoms with van der Waals surface area (Å²) in [6.07, 6.45) is 22.1. The van der Waals surface area contributed by atoms with Gasteiger partial charge in [0, 0.05) is 87.3 Å². The number of aromatic nitrogens is 12. The number of aryl methyl sites for hydroxylation is 2. The lowest BCUT2D eigenvalue weighted by Gasteiger charge is -2.03. The van der Waals surface area contributed by atoms with Crippen LogP contribution in [0.15, 0.2) is 180 Å². The van der Waals surface area contributed by atoms with Crippen LogP contribution in [0.2, 0.25) is 0 Å². The largest absolute Gasteiger partial charge is 0.513 e. The monoisotopic (exact) mass is 2270 g/mol. The Balaban J connectivity index is 0.000000816.